The third-order valence-electron chi connectivity index (χ3n) is 1.90. The first kappa shape index (κ1) is 10.4. The number of nitrogen functional groups attached to an aromatic ring is 1. The van der Waals surface area contributed by atoms with Gasteiger partial charge in [-0.05, 0) is 37.6 Å². The Labute approximate surface area is 82.8 Å². The first-order valence-corrected chi connectivity index (χ1v) is 4.33. The van der Waals surface area contributed by atoms with Crippen molar-refractivity contribution in [3.05, 3.63) is 23.8 Å². The third-order valence-corrected chi connectivity index (χ3v) is 1.90. The van der Waals surface area contributed by atoms with E-state index in [2.05, 4.69) is 0 Å². The van der Waals surface area contributed by atoms with Crippen LogP contribution < -0.4 is 16.2 Å². The van der Waals surface area contributed by atoms with Crippen molar-refractivity contribution in [2.45, 2.75) is 20.0 Å². The van der Waals surface area contributed by atoms with Gasteiger partial charge in [0.1, 0.15) is 5.75 Å². The molecule has 4 nitrogen and oxygen atoms in total. The topological polar surface area (TPSA) is 78.3 Å². The number of anilines is 1. The quantitative estimate of drug-likeness (QED) is 0.699. The molecule has 0 aliphatic rings. The molecule has 0 aliphatic heterocycles. The fourth-order valence-corrected chi connectivity index (χ4v) is 1.05. The Morgan fingerprint density at radius 2 is 2.14 bits per heavy atom. The van der Waals surface area contributed by atoms with Crippen molar-refractivity contribution in [3.63, 3.8) is 0 Å². The fourth-order valence-electron chi connectivity index (χ4n) is 1.05. The molecule has 1 amide bonds. The molecule has 1 aromatic carbocycles. The van der Waals surface area contributed by atoms with Crippen LogP contribution >= 0.6 is 0 Å². The Balaban J connectivity index is 2.82. The molecular formula is C10H14N2O2. The van der Waals surface area contributed by atoms with E-state index in [1.807, 2.05) is 6.92 Å². The van der Waals surface area contributed by atoms with Crippen molar-refractivity contribution in [2.75, 3.05) is 5.73 Å². The number of benzene rings is 1. The molecule has 0 spiro atoms. The maximum absolute atomic E-state index is 10.8. The third kappa shape index (κ3) is 2.39. The first-order chi connectivity index (χ1) is 6.50. The summed E-state index contributed by atoms with van der Waals surface area (Å²) in [5.74, 6) is 0.145. The number of primary amides is 1. The maximum Gasteiger partial charge on any atom is 0.258 e. The molecule has 1 unspecified atom stereocenters. The molecule has 0 saturated heterocycles. The average Bonchev–Trinajstić information content (AvgIpc) is 2.09. The van der Waals surface area contributed by atoms with E-state index in [4.69, 9.17) is 16.2 Å². The van der Waals surface area contributed by atoms with E-state index >= 15 is 0 Å². The summed E-state index contributed by atoms with van der Waals surface area (Å²) in [5.41, 5.74) is 12.2. The van der Waals surface area contributed by atoms with Gasteiger partial charge in [-0.1, -0.05) is 0 Å². The molecule has 14 heavy (non-hydrogen) atoms. The molecule has 0 bridgehead atoms. The van der Waals surface area contributed by atoms with E-state index < -0.39 is 12.0 Å². The number of carbonyl (C=O) groups excluding carboxylic acids is 1. The van der Waals surface area contributed by atoms with Gasteiger partial charge in [0.25, 0.3) is 5.91 Å². The number of aryl methyl sites for hydroxylation is 1. The van der Waals surface area contributed by atoms with Crippen molar-refractivity contribution in [3.8, 4) is 5.75 Å². The molecule has 76 valence electrons. The second-order valence-electron chi connectivity index (χ2n) is 3.19. The Bertz CT molecular complexity index is 350. The Hall–Kier alpha value is -1.71. The SMILES string of the molecule is Cc1cc(N)ccc1OC(C)C(N)=O. The number of rotatable bonds is 3. The lowest BCUT2D eigenvalue weighted by atomic mass is 10.2. The molecule has 4 N–H and O–H groups in total. The van der Waals surface area contributed by atoms with Gasteiger partial charge in [0, 0.05) is 5.69 Å². The number of nitrogens with two attached hydrogens (primary N) is 2. The van der Waals surface area contributed by atoms with Gasteiger partial charge in [-0.3, -0.25) is 4.79 Å². The Morgan fingerprint density at radius 1 is 1.50 bits per heavy atom. The van der Waals surface area contributed by atoms with Gasteiger partial charge in [0.05, 0.1) is 0 Å². The molecular weight excluding hydrogens is 180 g/mol. The summed E-state index contributed by atoms with van der Waals surface area (Å²) in [6, 6.07) is 5.23. The summed E-state index contributed by atoms with van der Waals surface area (Å²) in [5, 5.41) is 0. The van der Waals surface area contributed by atoms with Crippen LogP contribution in [0.4, 0.5) is 5.69 Å². The van der Waals surface area contributed by atoms with E-state index in [0.29, 0.717) is 11.4 Å². The Kier molecular flexibility index (Phi) is 2.96. The number of hydrogen-bond acceptors (Lipinski definition) is 3. The highest BCUT2D eigenvalue weighted by molar-refractivity contribution is 5.78. The maximum atomic E-state index is 10.8. The minimum absolute atomic E-state index is 0.485. The minimum atomic E-state index is -0.627. The standard InChI is InChI=1S/C10H14N2O2/c1-6-5-8(11)3-4-9(6)14-7(2)10(12)13/h3-5,7H,11H2,1-2H3,(H2,12,13). The molecule has 0 aromatic heterocycles. The average molecular weight is 194 g/mol. The van der Waals surface area contributed by atoms with Crippen LogP contribution in [-0.4, -0.2) is 12.0 Å². The lowest BCUT2D eigenvalue weighted by molar-refractivity contribution is -0.123. The zero-order valence-corrected chi connectivity index (χ0v) is 8.28. The highest BCUT2D eigenvalue weighted by Gasteiger charge is 2.11. The van der Waals surface area contributed by atoms with Crippen molar-refractivity contribution < 1.29 is 9.53 Å². The van der Waals surface area contributed by atoms with Crippen molar-refractivity contribution in [2.24, 2.45) is 5.73 Å². The van der Waals surface area contributed by atoms with Gasteiger partial charge < -0.3 is 16.2 Å². The van der Waals surface area contributed by atoms with E-state index in [1.165, 1.54) is 0 Å². The molecule has 1 atom stereocenters. The first-order valence-electron chi connectivity index (χ1n) is 4.33. The van der Waals surface area contributed by atoms with Crippen LogP contribution in [0.1, 0.15) is 12.5 Å². The van der Waals surface area contributed by atoms with Crippen LogP contribution in [-0.2, 0) is 4.79 Å². The summed E-state index contributed by atoms with van der Waals surface area (Å²) in [7, 11) is 0. The van der Waals surface area contributed by atoms with Crippen LogP contribution in [0, 0.1) is 6.92 Å². The molecule has 0 aliphatic carbocycles. The predicted molar refractivity (Wildman–Crippen MR) is 54.9 cm³/mol. The van der Waals surface area contributed by atoms with E-state index in [-0.39, 0.29) is 0 Å². The second-order valence-corrected chi connectivity index (χ2v) is 3.19. The lowest BCUT2D eigenvalue weighted by Crippen LogP contribution is -2.30. The van der Waals surface area contributed by atoms with Gasteiger partial charge >= 0.3 is 0 Å². The molecule has 1 aromatic rings. The van der Waals surface area contributed by atoms with Crippen molar-refractivity contribution in [1.82, 2.24) is 0 Å². The number of carbonyl (C=O) groups is 1. The lowest BCUT2D eigenvalue weighted by Gasteiger charge is -2.13. The van der Waals surface area contributed by atoms with Gasteiger partial charge in [0.2, 0.25) is 0 Å². The monoisotopic (exact) mass is 194 g/mol. The van der Waals surface area contributed by atoms with E-state index in [1.54, 1.807) is 25.1 Å². The largest absolute Gasteiger partial charge is 0.481 e. The molecule has 4 heteroatoms. The van der Waals surface area contributed by atoms with Gasteiger partial charge in [-0.15, -0.1) is 0 Å². The van der Waals surface area contributed by atoms with Crippen LogP contribution in [0.2, 0.25) is 0 Å². The predicted octanol–water partition coefficient (Wildman–Crippen LogP) is 0.830. The molecule has 0 heterocycles. The van der Waals surface area contributed by atoms with Crippen molar-refractivity contribution >= 4 is 11.6 Å². The van der Waals surface area contributed by atoms with Crippen LogP contribution in [0.3, 0.4) is 0 Å². The van der Waals surface area contributed by atoms with Crippen LogP contribution in [0.25, 0.3) is 0 Å². The normalized spacial score (nSPS) is 12.1. The summed E-state index contributed by atoms with van der Waals surface area (Å²) in [4.78, 5) is 10.8. The number of amides is 1. The Morgan fingerprint density at radius 3 is 2.64 bits per heavy atom. The van der Waals surface area contributed by atoms with Gasteiger partial charge in [-0.2, -0.15) is 0 Å². The number of ether oxygens (including phenoxy) is 1. The second kappa shape index (κ2) is 4.00. The van der Waals surface area contributed by atoms with Crippen LogP contribution in [0.15, 0.2) is 18.2 Å². The molecule has 0 radical (unpaired) electrons. The van der Waals surface area contributed by atoms with E-state index in [9.17, 15) is 4.79 Å². The molecule has 0 fully saturated rings. The fraction of sp³-hybridized carbons (Fsp3) is 0.300. The molecule has 1 rings (SSSR count). The highest BCUT2D eigenvalue weighted by atomic mass is 16.5. The summed E-state index contributed by atoms with van der Waals surface area (Å²) in [6.07, 6.45) is -0.627. The zero-order chi connectivity index (χ0) is 10.7. The van der Waals surface area contributed by atoms with E-state index in [0.717, 1.165) is 5.56 Å². The summed E-state index contributed by atoms with van der Waals surface area (Å²) >= 11 is 0. The van der Waals surface area contributed by atoms with Gasteiger partial charge in [0.15, 0.2) is 6.10 Å². The van der Waals surface area contributed by atoms with Crippen molar-refractivity contribution in [1.29, 1.82) is 0 Å². The van der Waals surface area contributed by atoms with Crippen LogP contribution in [0.5, 0.6) is 5.75 Å². The summed E-state index contributed by atoms with van der Waals surface area (Å²) < 4.78 is 5.33. The summed E-state index contributed by atoms with van der Waals surface area (Å²) in [6.45, 7) is 3.47. The minimum Gasteiger partial charge on any atom is -0.481 e. The zero-order valence-electron chi connectivity index (χ0n) is 8.28. The molecule has 0 saturated carbocycles. The van der Waals surface area contributed by atoms with Gasteiger partial charge in [-0.25, -0.2) is 0 Å². The highest BCUT2D eigenvalue weighted by Crippen LogP contribution is 2.21. The smallest absolute Gasteiger partial charge is 0.258 e. The number of hydrogen-bond donors (Lipinski definition) is 2.